The van der Waals surface area contributed by atoms with Gasteiger partial charge in [-0.15, -0.1) is 0 Å². The normalized spacial score (nSPS) is 20.4. The van der Waals surface area contributed by atoms with Gasteiger partial charge in [0.2, 0.25) is 5.91 Å². The fourth-order valence-corrected chi connectivity index (χ4v) is 6.14. The van der Waals surface area contributed by atoms with E-state index in [-0.39, 0.29) is 18.4 Å². The minimum Gasteiger partial charge on any atom is -0.462 e. The number of carbonyl (C=O) groups excluding carboxylic acids is 1. The Morgan fingerprint density at radius 2 is 2.10 bits per heavy atom. The highest BCUT2D eigenvalue weighted by Gasteiger charge is 2.35. The standard InChI is InChI=1S/C30H39N7O2/c1-5-28(38)37-15-14-35(20-24(37)10-12-31)29-25-8-7-23(36-13-11-22-18-21(2)6-9-27(22)36)19-26(25)32-30(33-29)39-17-16-34(3)4/h5-6,9,18,23-24H,1,7-8,10-11,13-17,19-20H2,2-4H3. The number of amides is 1. The van der Waals surface area contributed by atoms with Crippen molar-refractivity contribution >= 4 is 17.4 Å². The van der Waals surface area contributed by atoms with Crippen LogP contribution in [0.3, 0.4) is 0 Å². The molecule has 0 N–H and O–H groups in total. The third-order valence-corrected chi connectivity index (χ3v) is 8.15. The summed E-state index contributed by atoms with van der Waals surface area (Å²) in [6.45, 7) is 9.84. The van der Waals surface area contributed by atoms with Crippen LogP contribution in [0.25, 0.3) is 0 Å². The number of hydrogen-bond acceptors (Lipinski definition) is 8. The van der Waals surface area contributed by atoms with E-state index in [4.69, 9.17) is 14.7 Å². The molecule has 2 atom stereocenters. The van der Waals surface area contributed by atoms with Crippen LogP contribution in [0.4, 0.5) is 11.5 Å². The number of carbonyl (C=O) groups is 1. The number of nitriles is 1. The quantitative estimate of drug-likeness (QED) is 0.483. The number of likely N-dealkylation sites (N-methyl/N-ethyl adjacent to an activating group) is 1. The predicted molar refractivity (Wildman–Crippen MR) is 152 cm³/mol. The van der Waals surface area contributed by atoms with Gasteiger partial charge in [0.05, 0.1) is 24.2 Å². The van der Waals surface area contributed by atoms with Gasteiger partial charge in [0.1, 0.15) is 12.4 Å². The summed E-state index contributed by atoms with van der Waals surface area (Å²) in [5.74, 6) is 0.764. The summed E-state index contributed by atoms with van der Waals surface area (Å²) in [5, 5.41) is 9.46. The molecule has 1 amide bonds. The fourth-order valence-electron chi connectivity index (χ4n) is 6.14. The van der Waals surface area contributed by atoms with E-state index in [1.54, 1.807) is 4.90 Å². The molecule has 3 heterocycles. The van der Waals surface area contributed by atoms with Gasteiger partial charge >= 0.3 is 6.01 Å². The molecule has 9 heteroatoms. The highest BCUT2D eigenvalue weighted by Crippen LogP contribution is 2.37. The van der Waals surface area contributed by atoms with Crippen molar-refractivity contribution in [2.45, 2.75) is 51.1 Å². The molecule has 0 bridgehead atoms. The molecule has 1 aromatic heterocycles. The first kappa shape index (κ1) is 26.9. The van der Waals surface area contributed by atoms with Crippen molar-refractivity contribution in [3.8, 4) is 12.1 Å². The van der Waals surface area contributed by atoms with Gasteiger partial charge in [-0.2, -0.15) is 15.2 Å². The maximum absolute atomic E-state index is 12.4. The number of fused-ring (bicyclic) bond motifs is 2. The van der Waals surface area contributed by atoms with Crippen LogP contribution in [0.1, 0.15) is 35.2 Å². The van der Waals surface area contributed by atoms with Crippen molar-refractivity contribution in [3.05, 3.63) is 53.2 Å². The number of hydrogen-bond donors (Lipinski definition) is 0. The summed E-state index contributed by atoms with van der Waals surface area (Å²) in [6, 6.07) is 9.63. The van der Waals surface area contributed by atoms with Crippen LogP contribution >= 0.6 is 0 Å². The Bertz CT molecular complexity index is 1270. The maximum atomic E-state index is 12.4. The molecule has 1 aliphatic carbocycles. The predicted octanol–water partition coefficient (Wildman–Crippen LogP) is 2.76. The van der Waals surface area contributed by atoms with E-state index in [0.29, 0.717) is 38.3 Å². The first-order valence-electron chi connectivity index (χ1n) is 14.0. The summed E-state index contributed by atoms with van der Waals surface area (Å²) in [4.78, 5) is 30.9. The molecule has 3 aliphatic rings. The number of ether oxygens (including phenoxy) is 1. The van der Waals surface area contributed by atoms with E-state index in [1.165, 1.54) is 28.5 Å². The number of rotatable bonds is 8. The summed E-state index contributed by atoms with van der Waals surface area (Å²) in [6.07, 6.45) is 5.46. The number of benzene rings is 1. The van der Waals surface area contributed by atoms with Crippen molar-refractivity contribution in [1.29, 1.82) is 5.26 Å². The first-order valence-corrected chi connectivity index (χ1v) is 14.0. The Morgan fingerprint density at radius 3 is 2.87 bits per heavy atom. The van der Waals surface area contributed by atoms with Crippen LogP contribution in [-0.2, 0) is 24.1 Å². The largest absolute Gasteiger partial charge is 0.462 e. The first-order chi connectivity index (χ1) is 18.9. The van der Waals surface area contributed by atoms with Gasteiger partial charge in [0.15, 0.2) is 0 Å². The summed E-state index contributed by atoms with van der Waals surface area (Å²) >= 11 is 0. The van der Waals surface area contributed by atoms with E-state index in [0.717, 1.165) is 50.3 Å². The van der Waals surface area contributed by atoms with Crippen LogP contribution in [-0.4, -0.2) is 91.2 Å². The molecule has 2 aliphatic heterocycles. The lowest BCUT2D eigenvalue weighted by molar-refractivity contribution is -0.128. The smallest absolute Gasteiger partial charge is 0.318 e. The van der Waals surface area contributed by atoms with E-state index in [9.17, 15) is 10.1 Å². The highest BCUT2D eigenvalue weighted by molar-refractivity contribution is 5.87. The summed E-state index contributed by atoms with van der Waals surface area (Å²) < 4.78 is 6.06. The Kier molecular flexibility index (Phi) is 8.03. The van der Waals surface area contributed by atoms with Crippen molar-refractivity contribution in [1.82, 2.24) is 19.8 Å². The minimum absolute atomic E-state index is 0.128. The Hall–Kier alpha value is -3.64. The average Bonchev–Trinajstić information content (AvgIpc) is 3.35. The molecule has 0 spiro atoms. The number of piperazine rings is 1. The number of anilines is 2. The van der Waals surface area contributed by atoms with Gasteiger partial charge in [-0.3, -0.25) is 4.79 Å². The SMILES string of the molecule is C=CC(=O)N1CCN(c2nc(OCCN(C)C)nc3c2CCC(N2CCc4cc(C)ccc42)C3)CC1CC#N. The van der Waals surface area contributed by atoms with E-state index < -0.39 is 0 Å². The second-order valence-electron chi connectivity index (χ2n) is 11.1. The summed E-state index contributed by atoms with van der Waals surface area (Å²) in [7, 11) is 4.03. The molecular weight excluding hydrogens is 490 g/mol. The monoisotopic (exact) mass is 529 g/mol. The van der Waals surface area contributed by atoms with Crippen molar-refractivity contribution in [2.75, 3.05) is 63.2 Å². The molecule has 1 fully saturated rings. The van der Waals surface area contributed by atoms with Crippen molar-refractivity contribution < 1.29 is 9.53 Å². The fraction of sp³-hybridized carbons (Fsp3) is 0.533. The van der Waals surface area contributed by atoms with Crippen LogP contribution in [0.5, 0.6) is 6.01 Å². The molecule has 2 unspecified atom stereocenters. The van der Waals surface area contributed by atoms with Gasteiger partial charge in [-0.25, -0.2) is 0 Å². The number of nitrogens with zero attached hydrogens (tertiary/aromatic N) is 7. The lowest BCUT2D eigenvalue weighted by Crippen LogP contribution is -2.55. The molecule has 39 heavy (non-hydrogen) atoms. The Balaban J connectivity index is 1.43. The van der Waals surface area contributed by atoms with Gasteiger partial charge in [-0.1, -0.05) is 24.3 Å². The topological polar surface area (TPSA) is 88.8 Å². The van der Waals surface area contributed by atoms with E-state index in [2.05, 4.69) is 52.5 Å². The molecular formula is C30H39N7O2. The molecule has 1 saturated heterocycles. The van der Waals surface area contributed by atoms with Gasteiger partial charge in [-0.05, 0) is 58.0 Å². The van der Waals surface area contributed by atoms with E-state index >= 15 is 0 Å². The molecule has 2 aromatic rings. The van der Waals surface area contributed by atoms with Crippen LogP contribution in [0, 0.1) is 18.3 Å². The third kappa shape index (κ3) is 5.71. The molecule has 0 radical (unpaired) electrons. The number of aromatic nitrogens is 2. The molecule has 1 aromatic carbocycles. The summed E-state index contributed by atoms with van der Waals surface area (Å²) in [5.41, 5.74) is 6.33. The zero-order valence-corrected chi connectivity index (χ0v) is 23.4. The zero-order valence-electron chi connectivity index (χ0n) is 23.4. The lowest BCUT2D eigenvalue weighted by Gasteiger charge is -2.42. The average molecular weight is 530 g/mol. The zero-order chi connectivity index (χ0) is 27.5. The highest BCUT2D eigenvalue weighted by atomic mass is 16.5. The molecule has 5 rings (SSSR count). The maximum Gasteiger partial charge on any atom is 0.318 e. The number of aryl methyl sites for hydroxylation is 1. The Labute approximate surface area is 231 Å². The minimum atomic E-state index is -0.209. The lowest BCUT2D eigenvalue weighted by atomic mass is 9.90. The van der Waals surface area contributed by atoms with Gasteiger partial charge < -0.3 is 24.3 Å². The van der Waals surface area contributed by atoms with Crippen LogP contribution in [0.15, 0.2) is 30.9 Å². The van der Waals surface area contributed by atoms with Crippen molar-refractivity contribution in [2.24, 2.45) is 0 Å². The van der Waals surface area contributed by atoms with Gasteiger partial charge in [0.25, 0.3) is 0 Å². The van der Waals surface area contributed by atoms with Crippen LogP contribution < -0.4 is 14.5 Å². The molecule has 9 nitrogen and oxygen atoms in total. The molecule has 206 valence electrons. The van der Waals surface area contributed by atoms with Crippen molar-refractivity contribution in [3.63, 3.8) is 0 Å². The van der Waals surface area contributed by atoms with Gasteiger partial charge in [0, 0.05) is 56.4 Å². The second kappa shape index (κ2) is 11.6. The van der Waals surface area contributed by atoms with E-state index in [1.807, 2.05) is 14.1 Å². The van der Waals surface area contributed by atoms with Crippen LogP contribution in [0.2, 0.25) is 0 Å². The second-order valence-corrected chi connectivity index (χ2v) is 11.1. The molecule has 0 saturated carbocycles. The third-order valence-electron chi connectivity index (χ3n) is 8.15. The Morgan fingerprint density at radius 1 is 1.26 bits per heavy atom.